The summed E-state index contributed by atoms with van der Waals surface area (Å²) in [5, 5.41) is 8.60. The van der Waals surface area contributed by atoms with Crippen LogP contribution in [0.15, 0.2) is 0 Å². The molecule has 0 spiro atoms. The number of ketones is 1. The van der Waals surface area contributed by atoms with Gasteiger partial charge in [-0.1, -0.05) is 0 Å². The quantitative estimate of drug-likeness (QED) is 0.499. The van der Waals surface area contributed by atoms with Crippen molar-refractivity contribution in [2.75, 3.05) is 0 Å². The average Bonchev–Trinajstić information content (AvgIpc) is 2.46. The van der Waals surface area contributed by atoms with Crippen molar-refractivity contribution >= 4 is 5.78 Å². The number of Topliss-reactive ketones (excluding diaryl/α,β-unsaturated/α-hetero) is 1. The fourth-order valence-corrected chi connectivity index (χ4v) is 2.21. The van der Waals surface area contributed by atoms with Crippen LogP contribution < -0.4 is 0 Å². The molecule has 0 aromatic rings. The van der Waals surface area contributed by atoms with Crippen LogP contribution >= 0.6 is 0 Å². The second-order valence-corrected chi connectivity index (χ2v) is 3.25. The molecule has 0 radical (unpaired) electrons. The third-order valence-electron chi connectivity index (χ3n) is 2.78. The Hall–Kier alpha value is -0.840. The third-order valence-corrected chi connectivity index (χ3v) is 2.78. The van der Waals surface area contributed by atoms with E-state index in [1.165, 1.54) is 0 Å². The van der Waals surface area contributed by atoms with Gasteiger partial charge in [0.15, 0.2) is 0 Å². The van der Waals surface area contributed by atoms with Crippen LogP contribution in [0.2, 0.25) is 0 Å². The maximum Gasteiger partial charge on any atom is 0.140 e. The van der Waals surface area contributed by atoms with Crippen molar-refractivity contribution in [3.8, 4) is 6.07 Å². The Morgan fingerprint density at radius 1 is 1.50 bits per heavy atom. The normalized spacial score (nSPS) is 43.9. The number of nitrogens with zero attached hydrogens (tertiary/aromatic N) is 1. The molecule has 0 aromatic heterocycles. The summed E-state index contributed by atoms with van der Waals surface area (Å²) in [6.07, 6.45) is 2.86. The molecule has 0 heterocycles. The number of rotatable bonds is 0. The number of carbonyl (C=O) groups excluding carboxylic acids is 1. The number of nitriles is 1. The van der Waals surface area contributed by atoms with Crippen molar-refractivity contribution in [2.24, 2.45) is 17.8 Å². The third kappa shape index (κ3) is 0.553. The molecular weight excluding hydrogens is 126 g/mol. The summed E-state index contributed by atoms with van der Waals surface area (Å²) in [5.41, 5.74) is 0. The van der Waals surface area contributed by atoms with Crippen molar-refractivity contribution < 1.29 is 4.79 Å². The highest BCUT2D eigenvalue weighted by Crippen LogP contribution is 2.44. The molecule has 52 valence electrons. The molecule has 2 bridgehead atoms. The lowest BCUT2D eigenvalue weighted by atomic mass is 9.90. The Kier molecular flexibility index (Phi) is 1.08. The zero-order valence-corrected chi connectivity index (χ0v) is 5.71. The van der Waals surface area contributed by atoms with E-state index in [0.717, 1.165) is 19.3 Å². The van der Waals surface area contributed by atoms with Crippen LogP contribution in [-0.2, 0) is 4.79 Å². The first-order chi connectivity index (χ1) is 4.83. The fourth-order valence-electron chi connectivity index (χ4n) is 2.21. The zero-order chi connectivity index (χ0) is 7.14. The van der Waals surface area contributed by atoms with E-state index < -0.39 is 0 Å². The van der Waals surface area contributed by atoms with Gasteiger partial charge in [-0.05, 0) is 19.3 Å². The summed E-state index contributed by atoms with van der Waals surface area (Å²) >= 11 is 0. The molecule has 2 rings (SSSR count). The monoisotopic (exact) mass is 135 g/mol. The van der Waals surface area contributed by atoms with Crippen LogP contribution in [0.3, 0.4) is 0 Å². The van der Waals surface area contributed by atoms with Gasteiger partial charge in [0.1, 0.15) is 5.78 Å². The van der Waals surface area contributed by atoms with E-state index in [9.17, 15) is 4.79 Å². The van der Waals surface area contributed by atoms with E-state index in [1.54, 1.807) is 0 Å². The zero-order valence-electron chi connectivity index (χ0n) is 5.71. The van der Waals surface area contributed by atoms with Gasteiger partial charge in [-0.2, -0.15) is 5.26 Å². The second-order valence-electron chi connectivity index (χ2n) is 3.25. The summed E-state index contributed by atoms with van der Waals surface area (Å²) in [4.78, 5) is 11.2. The van der Waals surface area contributed by atoms with E-state index in [0.29, 0.717) is 5.78 Å². The van der Waals surface area contributed by atoms with Crippen molar-refractivity contribution in [2.45, 2.75) is 19.3 Å². The maximum absolute atomic E-state index is 11.2. The number of hydrogen-bond acceptors (Lipinski definition) is 2. The second kappa shape index (κ2) is 1.82. The Morgan fingerprint density at radius 2 is 2.30 bits per heavy atom. The molecule has 10 heavy (non-hydrogen) atoms. The van der Waals surface area contributed by atoms with Crippen LogP contribution in [0.4, 0.5) is 0 Å². The van der Waals surface area contributed by atoms with Crippen LogP contribution in [0.1, 0.15) is 19.3 Å². The molecule has 0 aromatic carbocycles. The van der Waals surface area contributed by atoms with E-state index in [2.05, 4.69) is 6.07 Å². The largest absolute Gasteiger partial charge is 0.299 e. The molecular formula is C8H9NO. The first-order valence-electron chi connectivity index (χ1n) is 3.76. The average molecular weight is 135 g/mol. The van der Waals surface area contributed by atoms with E-state index in [4.69, 9.17) is 5.26 Å². The van der Waals surface area contributed by atoms with E-state index in [1.807, 2.05) is 0 Å². The molecule has 2 aliphatic carbocycles. The van der Waals surface area contributed by atoms with Gasteiger partial charge in [0.2, 0.25) is 0 Å². The van der Waals surface area contributed by atoms with Gasteiger partial charge in [0.05, 0.1) is 12.0 Å². The van der Waals surface area contributed by atoms with Crippen LogP contribution in [0.25, 0.3) is 0 Å². The molecule has 0 aliphatic heterocycles. The van der Waals surface area contributed by atoms with Crippen LogP contribution in [0, 0.1) is 29.1 Å². The predicted octanol–water partition coefficient (Wildman–Crippen LogP) is 1.13. The maximum atomic E-state index is 11.2. The van der Waals surface area contributed by atoms with E-state index >= 15 is 0 Å². The van der Waals surface area contributed by atoms with Gasteiger partial charge in [-0.3, -0.25) is 4.79 Å². The first-order valence-corrected chi connectivity index (χ1v) is 3.76. The lowest BCUT2D eigenvalue weighted by Crippen LogP contribution is -2.09. The number of fused-ring (bicyclic) bond motifs is 2. The lowest BCUT2D eigenvalue weighted by Gasteiger charge is -2.10. The highest BCUT2D eigenvalue weighted by molar-refractivity contribution is 5.88. The Morgan fingerprint density at radius 3 is 2.60 bits per heavy atom. The van der Waals surface area contributed by atoms with Gasteiger partial charge >= 0.3 is 0 Å². The summed E-state index contributed by atoms with van der Waals surface area (Å²) in [7, 11) is 0. The van der Waals surface area contributed by atoms with Gasteiger partial charge in [0.25, 0.3) is 0 Å². The smallest absolute Gasteiger partial charge is 0.140 e. The summed E-state index contributed by atoms with van der Waals surface area (Å²) < 4.78 is 0. The number of carbonyl (C=O) groups is 1. The van der Waals surface area contributed by atoms with Gasteiger partial charge < -0.3 is 0 Å². The molecule has 0 saturated heterocycles. The van der Waals surface area contributed by atoms with Gasteiger partial charge in [-0.15, -0.1) is 0 Å². The molecule has 2 saturated carbocycles. The van der Waals surface area contributed by atoms with Crippen LogP contribution in [0.5, 0.6) is 0 Å². The molecule has 2 nitrogen and oxygen atoms in total. The first kappa shape index (κ1) is 5.91. The topological polar surface area (TPSA) is 40.9 Å². The molecule has 2 aliphatic rings. The minimum Gasteiger partial charge on any atom is -0.299 e. The number of hydrogen-bond donors (Lipinski definition) is 0. The lowest BCUT2D eigenvalue weighted by molar-refractivity contribution is -0.121. The Labute approximate surface area is 59.8 Å². The highest BCUT2D eigenvalue weighted by atomic mass is 16.1. The van der Waals surface area contributed by atoms with Gasteiger partial charge in [-0.25, -0.2) is 0 Å². The minimum atomic E-state index is 0.0613. The highest BCUT2D eigenvalue weighted by Gasteiger charge is 2.47. The van der Waals surface area contributed by atoms with Crippen LogP contribution in [-0.4, -0.2) is 5.78 Å². The fraction of sp³-hybridized carbons (Fsp3) is 0.750. The van der Waals surface area contributed by atoms with E-state index in [-0.39, 0.29) is 17.8 Å². The molecule has 0 amide bonds. The van der Waals surface area contributed by atoms with Crippen molar-refractivity contribution in [3.05, 3.63) is 0 Å². The summed E-state index contributed by atoms with van der Waals surface area (Å²) in [5.74, 6) is 0.808. The molecule has 3 unspecified atom stereocenters. The molecule has 2 heteroatoms. The Bertz CT molecular complexity index is 216. The van der Waals surface area contributed by atoms with Crippen molar-refractivity contribution in [1.82, 2.24) is 0 Å². The summed E-state index contributed by atoms with van der Waals surface area (Å²) in [6, 6.07) is 2.20. The van der Waals surface area contributed by atoms with Crippen molar-refractivity contribution in [3.63, 3.8) is 0 Å². The standard InChI is InChI=1S/C8H9NO/c9-4-6-3-5-1-2-7(6)8(5)10/h5-7H,1-3H2. The summed E-state index contributed by atoms with van der Waals surface area (Å²) in [6.45, 7) is 0. The SMILES string of the molecule is N#CC1CC2CCC1C2=O. The van der Waals surface area contributed by atoms with Gasteiger partial charge in [0, 0.05) is 11.8 Å². The predicted molar refractivity (Wildman–Crippen MR) is 34.9 cm³/mol. The molecule has 2 fully saturated rings. The molecule has 0 N–H and O–H groups in total. The Balaban J connectivity index is 2.25. The van der Waals surface area contributed by atoms with Crippen molar-refractivity contribution in [1.29, 1.82) is 5.26 Å². The minimum absolute atomic E-state index is 0.0613. The molecule has 3 atom stereocenters.